The molecule has 8 aliphatic carbocycles. The summed E-state index contributed by atoms with van der Waals surface area (Å²) in [6.07, 6.45) is 17.4. The minimum atomic E-state index is 0.0193. The lowest BCUT2D eigenvalue weighted by molar-refractivity contribution is 0.550. The summed E-state index contributed by atoms with van der Waals surface area (Å²) in [4.78, 5) is 0. The molecule has 19 aromatic rings. The minimum absolute atomic E-state index is 0.0193. The quantitative estimate of drug-likeness (QED) is 0.128. The van der Waals surface area contributed by atoms with Gasteiger partial charge in [0.1, 0.15) is 0 Å². The van der Waals surface area contributed by atoms with Gasteiger partial charge < -0.3 is 0 Å². The molecule has 3 fully saturated rings. The third-order valence-corrected chi connectivity index (χ3v) is 31.1. The maximum Gasteiger partial charge on any atom is 0.0295 e. The molecule has 0 atom stereocenters. The molecule has 0 aliphatic heterocycles. The highest BCUT2D eigenvalue weighted by atomic mass is 14.5. The van der Waals surface area contributed by atoms with Gasteiger partial charge in [0.25, 0.3) is 0 Å². The highest BCUT2D eigenvalue weighted by molar-refractivity contribution is 6.00. The fraction of sp³-hybridized carbons (Fsp3) is 0.186. The van der Waals surface area contributed by atoms with Crippen LogP contribution in [0.25, 0.3) is 156 Å². The average Bonchev–Trinajstić information content (AvgIpc) is 1.54. The van der Waals surface area contributed by atoms with Crippen LogP contribution < -0.4 is 0 Å². The fourth-order valence-electron chi connectivity index (χ4n) is 25.3. The van der Waals surface area contributed by atoms with Crippen LogP contribution in [0, 0.1) is 0 Å². The molecule has 688 valence electrons. The number of fused-ring (bicyclic) bond motifs is 21. The zero-order valence-corrected chi connectivity index (χ0v) is 82.8. The lowest BCUT2D eigenvalue weighted by Gasteiger charge is -2.31. The van der Waals surface area contributed by atoms with Gasteiger partial charge >= 0.3 is 0 Å². The van der Waals surface area contributed by atoms with Crippen molar-refractivity contribution in [2.75, 3.05) is 0 Å². The van der Waals surface area contributed by atoms with Gasteiger partial charge in [-0.2, -0.15) is 0 Å². The SMILES string of the molecule is CC.CC.CC.CC.c1ccc(-c2cc(-c3ccccc3)c3c(c2)-c2cc(-c4ccccc4)cc(-c4ccccc4)c2C32CCCC2)cc1.c1ccc(-c2ccc3c(c2)-c2cc(-c4ccccc4)ccc2C32CCCC2)cc1.c1ccc(-c2ccc3c(c2)-c2cc(-c4ccccc4)ccc2C32Cc3ccccc3C2)cc1.c1ccc(-c2cccc3c2C2(CCCC2)c2c(-c4ccccc4)cccc2-3)cc1. The van der Waals surface area contributed by atoms with E-state index in [9.17, 15) is 0 Å². The second-order valence-electron chi connectivity index (χ2n) is 38.1. The summed E-state index contributed by atoms with van der Waals surface area (Å²) >= 11 is 0. The fourth-order valence-corrected chi connectivity index (χ4v) is 25.3. The van der Waals surface area contributed by atoms with Gasteiger partial charge in [0.05, 0.1) is 0 Å². The molecule has 0 radical (unpaired) electrons. The van der Waals surface area contributed by atoms with Crippen LogP contribution >= 0.6 is 0 Å². The van der Waals surface area contributed by atoms with Gasteiger partial charge in [-0.25, -0.2) is 0 Å². The predicted octanol–water partition coefficient (Wildman–Crippen LogP) is 39.1. The molecule has 8 aliphatic rings. The first-order chi connectivity index (χ1) is 69.4. The van der Waals surface area contributed by atoms with E-state index < -0.39 is 0 Å². The monoisotopic (exact) mass is 1810 g/mol. The largest absolute Gasteiger partial charge is 0.0683 e. The van der Waals surface area contributed by atoms with E-state index in [0.717, 1.165) is 12.8 Å². The lowest BCUT2D eigenvalue weighted by atomic mass is 9.71. The van der Waals surface area contributed by atoms with Crippen LogP contribution in [0.5, 0.6) is 0 Å². The first-order valence-corrected chi connectivity index (χ1v) is 52.2. The van der Waals surface area contributed by atoms with Crippen molar-refractivity contribution in [1.82, 2.24) is 0 Å². The molecule has 0 heteroatoms. The molecule has 0 nitrogen and oxygen atoms in total. The maximum absolute atomic E-state index is 2.49. The number of benzene rings is 19. The lowest BCUT2D eigenvalue weighted by Crippen LogP contribution is -2.25. The van der Waals surface area contributed by atoms with Crippen molar-refractivity contribution in [3.05, 3.63) is 517 Å². The number of hydrogen-bond acceptors (Lipinski definition) is 0. The molecule has 0 N–H and O–H groups in total. The molecule has 4 spiro atoms. The van der Waals surface area contributed by atoms with Crippen LogP contribution in [-0.4, -0.2) is 0 Å². The van der Waals surface area contributed by atoms with Crippen molar-refractivity contribution in [2.45, 2.75) is 167 Å². The smallest absolute Gasteiger partial charge is 0.0295 e. The predicted molar refractivity (Wildman–Crippen MR) is 600 cm³/mol. The van der Waals surface area contributed by atoms with Crippen molar-refractivity contribution in [1.29, 1.82) is 0 Å². The van der Waals surface area contributed by atoms with Crippen LogP contribution in [0.4, 0.5) is 0 Å². The summed E-state index contributed by atoms with van der Waals surface area (Å²) in [5, 5.41) is 0. The van der Waals surface area contributed by atoms with E-state index in [1.54, 1.807) is 33.4 Å². The first kappa shape index (κ1) is 92.9. The van der Waals surface area contributed by atoms with Crippen molar-refractivity contribution < 1.29 is 0 Å². The van der Waals surface area contributed by atoms with Crippen molar-refractivity contribution in [3.63, 3.8) is 0 Å². The second-order valence-corrected chi connectivity index (χ2v) is 38.1. The average molecular weight is 1810 g/mol. The second kappa shape index (κ2) is 41.5. The Hall–Kier alpha value is -14.8. The highest BCUT2D eigenvalue weighted by Gasteiger charge is 2.52. The Kier molecular flexibility index (Phi) is 27.5. The summed E-state index contributed by atoms with van der Waals surface area (Å²) in [5.41, 5.74) is 53.5. The van der Waals surface area contributed by atoms with E-state index in [1.807, 2.05) is 55.4 Å². The Morgan fingerprint density at radius 3 is 0.586 bits per heavy atom. The van der Waals surface area contributed by atoms with E-state index in [4.69, 9.17) is 0 Å². The molecule has 0 saturated heterocycles. The summed E-state index contributed by atoms with van der Waals surface area (Å²) in [5.74, 6) is 0. The molecule has 0 aromatic heterocycles. The molecule has 0 bridgehead atoms. The highest BCUT2D eigenvalue weighted by Crippen LogP contribution is 2.66. The summed E-state index contributed by atoms with van der Waals surface area (Å²) in [7, 11) is 0. The topological polar surface area (TPSA) is 0 Å². The van der Waals surface area contributed by atoms with E-state index in [0.29, 0.717) is 0 Å². The maximum atomic E-state index is 2.49. The van der Waals surface area contributed by atoms with Gasteiger partial charge in [-0.15, -0.1) is 0 Å². The van der Waals surface area contributed by atoms with Crippen molar-refractivity contribution >= 4 is 0 Å². The molecule has 0 amide bonds. The van der Waals surface area contributed by atoms with E-state index in [-0.39, 0.29) is 21.7 Å². The van der Waals surface area contributed by atoms with Gasteiger partial charge in [0, 0.05) is 21.7 Å². The Labute approximate surface area is 833 Å². The molecule has 140 heavy (non-hydrogen) atoms. The van der Waals surface area contributed by atoms with Crippen LogP contribution in [-0.2, 0) is 34.5 Å². The van der Waals surface area contributed by atoms with Gasteiger partial charge in [-0.1, -0.05) is 506 Å². The van der Waals surface area contributed by atoms with Gasteiger partial charge in [-0.3, -0.25) is 0 Å². The van der Waals surface area contributed by atoms with Crippen LogP contribution in [0.1, 0.15) is 188 Å². The summed E-state index contributed by atoms with van der Waals surface area (Å²) in [6, 6.07) is 170. The van der Waals surface area contributed by atoms with Crippen molar-refractivity contribution in [3.8, 4) is 156 Å². The molecule has 0 heterocycles. The number of hydrogen-bond donors (Lipinski definition) is 0. The Bertz CT molecular complexity index is 7050. The van der Waals surface area contributed by atoms with Gasteiger partial charge in [0.2, 0.25) is 0 Å². The Balaban J connectivity index is 0.000000113. The molecule has 27 rings (SSSR count). The molecular formula is C140H128. The normalized spacial score (nSPS) is 14.5. The summed E-state index contributed by atoms with van der Waals surface area (Å²) < 4.78 is 0. The zero-order valence-electron chi connectivity index (χ0n) is 82.8. The summed E-state index contributed by atoms with van der Waals surface area (Å²) in [6.45, 7) is 16.0. The zero-order chi connectivity index (χ0) is 95.6. The minimum Gasteiger partial charge on any atom is -0.0683 e. The third kappa shape index (κ3) is 17.0. The van der Waals surface area contributed by atoms with Crippen molar-refractivity contribution in [2.24, 2.45) is 0 Å². The molecule has 0 unspecified atom stereocenters. The Morgan fingerprint density at radius 2 is 0.321 bits per heavy atom. The van der Waals surface area contributed by atoms with E-state index in [1.165, 1.54) is 255 Å². The Morgan fingerprint density at radius 1 is 0.129 bits per heavy atom. The van der Waals surface area contributed by atoms with Crippen LogP contribution in [0.3, 0.4) is 0 Å². The van der Waals surface area contributed by atoms with Gasteiger partial charge in [0.15, 0.2) is 0 Å². The van der Waals surface area contributed by atoms with E-state index in [2.05, 4.69) is 461 Å². The molecular weight excluding hydrogens is 1680 g/mol. The van der Waals surface area contributed by atoms with Gasteiger partial charge in [-0.05, 0) is 311 Å². The third-order valence-electron chi connectivity index (χ3n) is 31.1. The van der Waals surface area contributed by atoms with E-state index >= 15 is 0 Å². The first-order valence-electron chi connectivity index (χ1n) is 52.2. The number of rotatable bonds is 10. The standard InChI is InChI=1S/C41H32.C33H24.2C29H24.4C2H6/c1-5-15-29(16-6-1)33-25-35(31-19-9-3-10-20-31)39-37(27-33)38-28-34(30-17-7-2-8-18-30)26-36(32-21-11-4-12-22-32)40(38)41(39)23-13-14-24-41;1-3-9-23(10-4-1)25-15-17-31-29(19-25)30-20-26(24-11-5-2-6-12-24)16-18-32(30)33(31)21-27-13-7-8-14-28(27)22-33;1-3-11-21(12-4-1)23-15-9-17-25-26-18-10-16-24(22-13-5-2-6-14-22)28(26)29(27(23)25)19-7-8-20-29;1-3-9-21(10-4-1)23-13-15-27-25(19-23)26-20-24(22-11-5-2-6-12-22)14-16-28(26)29(27)17-7-8-18-29;4*1-2/h1-12,15-22,25-28H,13-14,23-24H2;1-20H,21-22H2;1-6,9-18H,7-8,19-20H2;1-6,9-16,19-20H,7-8,17-18H2;4*1-2H3. The molecule has 3 saturated carbocycles. The van der Waals surface area contributed by atoms with Crippen LogP contribution in [0.15, 0.2) is 461 Å². The van der Waals surface area contributed by atoms with Crippen LogP contribution in [0.2, 0.25) is 0 Å². The molecule has 19 aromatic carbocycles.